The molecule has 0 saturated carbocycles. The summed E-state index contributed by atoms with van der Waals surface area (Å²) in [5.41, 5.74) is 0.798. The van der Waals surface area contributed by atoms with Crippen LogP contribution in [0.25, 0.3) is 0 Å². The SMILES string of the molecule is CCCC/C(C)=N/NS(=O)(=O)c1ccccc1. The second-order valence-electron chi connectivity index (χ2n) is 3.86. The Balaban J connectivity index is 2.69. The van der Waals surface area contributed by atoms with Gasteiger partial charge in [0.05, 0.1) is 4.90 Å². The maximum Gasteiger partial charge on any atom is 0.276 e. The molecule has 0 spiro atoms. The van der Waals surface area contributed by atoms with Crippen LogP contribution in [0.2, 0.25) is 0 Å². The number of sulfonamides is 1. The van der Waals surface area contributed by atoms with E-state index in [0.29, 0.717) is 0 Å². The number of unbranched alkanes of at least 4 members (excludes halogenated alkanes) is 1. The van der Waals surface area contributed by atoms with Crippen molar-refractivity contribution in [1.82, 2.24) is 4.83 Å². The van der Waals surface area contributed by atoms with Gasteiger partial charge < -0.3 is 0 Å². The minimum atomic E-state index is -3.52. The maximum atomic E-state index is 11.8. The number of hydrazone groups is 1. The summed E-state index contributed by atoms with van der Waals surface area (Å²) in [7, 11) is -3.52. The van der Waals surface area contributed by atoms with E-state index >= 15 is 0 Å². The highest BCUT2D eigenvalue weighted by Crippen LogP contribution is 2.07. The summed E-state index contributed by atoms with van der Waals surface area (Å²) in [6, 6.07) is 8.22. The number of rotatable bonds is 6. The molecule has 0 amide bonds. The fourth-order valence-corrected chi connectivity index (χ4v) is 2.18. The Morgan fingerprint density at radius 2 is 1.94 bits per heavy atom. The van der Waals surface area contributed by atoms with Gasteiger partial charge in [0.25, 0.3) is 10.0 Å². The van der Waals surface area contributed by atoms with Gasteiger partial charge in [-0.15, -0.1) is 0 Å². The van der Waals surface area contributed by atoms with Gasteiger partial charge in [0.2, 0.25) is 0 Å². The van der Waals surface area contributed by atoms with Gasteiger partial charge in [-0.3, -0.25) is 0 Å². The molecule has 17 heavy (non-hydrogen) atoms. The van der Waals surface area contributed by atoms with Crippen molar-refractivity contribution in [2.75, 3.05) is 0 Å². The highest BCUT2D eigenvalue weighted by Gasteiger charge is 2.11. The van der Waals surface area contributed by atoms with Crippen LogP contribution >= 0.6 is 0 Å². The molecule has 0 saturated heterocycles. The normalized spacial score (nSPS) is 12.5. The predicted molar refractivity (Wildman–Crippen MR) is 69.4 cm³/mol. The van der Waals surface area contributed by atoms with Crippen LogP contribution in [0, 0.1) is 0 Å². The third-order valence-electron chi connectivity index (χ3n) is 2.30. The fourth-order valence-electron chi connectivity index (χ4n) is 1.28. The van der Waals surface area contributed by atoms with Gasteiger partial charge in [-0.05, 0) is 31.9 Å². The van der Waals surface area contributed by atoms with E-state index in [1.54, 1.807) is 30.3 Å². The van der Waals surface area contributed by atoms with Crippen molar-refractivity contribution in [3.8, 4) is 0 Å². The third kappa shape index (κ3) is 4.56. The van der Waals surface area contributed by atoms with Gasteiger partial charge in [-0.2, -0.15) is 13.5 Å². The lowest BCUT2D eigenvalue weighted by Gasteiger charge is -2.04. The smallest absolute Gasteiger partial charge is 0.200 e. The molecule has 1 aromatic rings. The molecule has 0 aromatic heterocycles. The topological polar surface area (TPSA) is 58.5 Å². The molecule has 0 aliphatic carbocycles. The van der Waals surface area contributed by atoms with E-state index in [4.69, 9.17) is 0 Å². The van der Waals surface area contributed by atoms with Crippen LogP contribution in [-0.4, -0.2) is 14.1 Å². The minimum Gasteiger partial charge on any atom is -0.200 e. The summed E-state index contributed by atoms with van der Waals surface area (Å²) in [6.45, 7) is 3.91. The van der Waals surface area contributed by atoms with Crippen molar-refractivity contribution >= 4 is 15.7 Å². The molecule has 0 aliphatic heterocycles. The molecule has 0 atom stereocenters. The first kappa shape index (κ1) is 13.7. The van der Waals surface area contributed by atoms with Crippen LogP contribution < -0.4 is 4.83 Å². The van der Waals surface area contributed by atoms with Crippen molar-refractivity contribution < 1.29 is 8.42 Å². The molecule has 0 aliphatic rings. The largest absolute Gasteiger partial charge is 0.276 e. The Labute approximate surface area is 103 Å². The molecule has 0 fully saturated rings. The van der Waals surface area contributed by atoms with Gasteiger partial charge in [-0.1, -0.05) is 31.5 Å². The first-order valence-electron chi connectivity index (χ1n) is 5.66. The minimum absolute atomic E-state index is 0.229. The van der Waals surface area contributed by atoms with E-state index < -0.39 is 10.0 Å². The van der Waals surface area contributed by atoms with Crippen LogP contribution in [0.1, 0.15) is 33.1 Å². The predicted octanol–water partition coefficient (Wildman–Crippen LogP) is 2.53. The molecular formula is C12H18N2O2S. The summed E-state index contributed by atoms with van der Waals surface area (Å²) in [5, 5.41) is 3.89. The number of nitrogens with one attached hydrogen (secondary N) is 1. The Bertz CT molecular complexity index is 467. The van der Waals surface area contributed by atoms with Crippen LogP contribution in [0.4, 0.5) is 0 Å². The van der Waals surface area contributed by atoms with Gasteiger partial charge in [0, 0.05) is 5.71 Å². The van der Waals surface area contributed by atoms with E-state index in [0.717, 1.165) is 25.0 Å². The van der Waals surface area contributed by atoms with Crippen molar-refractivity contribution in [2.24, 2.45) is 5.10 Å². The van der Waals surface area contributed by atoms with Gasteiger partial charge in [0.1, 0.15) is 0 Å². The number of hydrogen-bond acceptors (Lipinski definition) is 3. The molecule has 0 bridgehead atoms. The summed E-state index contributed by atoms with van der Waals surface area (Å²) in [5.74, 6) is 0. The summed E-state index contributed by atoms with van der Waals surface area (Å²) >= 11 is 0. The van der Waals surface area contributed by atoms with Crippen LogP contribution in [-0.2, 0) is 10.0 Å². The van der Waals surface area contributed by atoms with Gasteiger partial charge >= 0.3 is 0 Å². The summed E-state index contributed by atoms with van der Waals surface area (Å²) < 4.78 is 23.6. The molecule has 0 unspecified atom stereocenters. The van der Waals surface area contributed by atoms with Crippen LogP contribution in [0.15, 0.2) is 40.3 Å². The van der Waals surface area contributed by atoms with E-state index in [9.17, 15) is 8.42 Å². The average Bonchev–Trinajstić information content (AvgIpc) is 2.35. The lowest BCUT2D eigenvalue weighted by Crippen LogP contribution is -2.19. The Morgan fingerprint density at radius 1 is 1.29 bits per heavy atom. The number of nitrogens with zero attached hydrogens (tertiary/aromatic N) is 1. The van der Waals surface area contributed by atoms with Crippen LogP contribution in [0.5, 0.6) is 0 Å². The second kappa shape index (κ2) is 6.39. The summed E-state index contributed by atoms with van der Waals surface area (Å²) in [6.07, 6.45) is 2.90. The van der Waals surface area contributed by atoms with Crippen LogP contribution in [0.3, 0.4) is 0 Å². The molecule has 0 radical (unpaired) electrons. The third-order valence-corrected chi connectivity index (χ3v) is 3.53. The lowest BCUT2D eigenvalue weighted by atomic mass is 10.2. The zero-order valence-corrected chi connectivity index (χ0v) is 11.0. The Hall–Kier alpha value is -1.36. The van der Waals surface area contributed by atoms with E-state index in [1.807, 2.05) is 6.92 Å². The number of benzene rings is 1. The molecule has 5 heteroatoms. The fraction of sp³-hybridized carbons (Fsp3) is 0.417. The standard InChI is InChI=1S/C12H18N2O2S/c1-3-4-8-11(2)13-14-17(15,16)12-9-6-5-7-10-12/h5-7,9-10,14H,3-4,8H2,1-2H3/b13-11+. The van der Waals surface area contributed by atoms with E-state index in [1.165, 1.54) is 0 Å². The lowest BCUT2D eigenvalue weighted by molar-refractivity contribution is 0.584. The van der Waals surface area contributed by atoms with Gasteiger partial charge in [-0.25, -0.2) is 4.83 Å². The maximum absolute atomic E-state index is 11.8. The Morgan fingerprint density at radius 3 is 2.53 bits per heavy atom. The molecule has 0 heterocycles. The molecule has 4 nitrogen and oxygen atoms in total. The average molecular weight is 254 g/mol. The first-order chi connectivity index (χ1) is 8.06. The highest BCUT2D eigenvalue weighted by molar-refractivity contribution is 7.89. The molecule has 1 aromatic carbocycles. The van der Waals surface area contributed by atoms with E-state index in [2.05, 4.69) is 16.9 Å². The molecule has 94 valence electrons. The zero-order valence-electron chi connectivity index (χ0n) is 10.2. The van der Waals surface area contributed by atoms with Crippen molar-refractivity contribution in [3.05, 3.63) is 30.3 Å². The Kier molecular flexibility index (Phi) is 5.15. The zero-order chi connectivity index (χ0) is 12.7. The van der Waals surface area contributed by atoms with E-state index in [-0.39, 0.29) is 4.90 Å². The second-order valence-corrected chi connectivity index (χ2v) is 5.52. The van der Waals surface area contributed by atoms with Crippen molar-refractivity contribution in [2.45, 2.75) is 38.0 Å². The molecule has 1 rings (SSSR count). The van der Waals surface area contributed by atoms with Crippen molar-refractivity contribution in [3.63, 3.8) is 0 Å². The van der Waals surface area contributed by atoms with Gasteiger partial charge in [0.15, 0.2) is 0 Å². The first-order valence-corrected chi connectivity index (χ1v) is 7.14. The monoisotopic (exact) mass is 254 g/mol. The summed E-state index contributed by atoms with van der Waals surface area (Å²) in [4.78, 5) is 2.47. The molecular weight excluding hydrogens is 236 g/mol. The number of hydrogen-bond donors (Lipinski definition) is 1. The quantitative estimate of drug-likeness (QED) is 0.626. The molecule has 1 N–H and O–H groups in total. The van der Waals surface area contributed by atoms with Crippen molar-refractivity contribution in [1.29, 1.82) is 0 Å². The highest BCUT2D eigenvalue weighted by atomic mass is 32.2.